The molecule has 0 aliphatic heterocycles. The lowest BCUT2D eigenvalue weighted by atomic mass is 10.2. The minimum absolute atomic E-state index is 0.0265. The average Bonchev–Trinajstić information content (AvgIpc) is 2.43. The normalized spacial score (nSPS) is 9.79. The van der Waals surface area contributed by atoms with Crippen LogP contribution in [0.15, 0.2) is 24.4 Å². The number of aromatic nitrogens is 2. The van der Waals surface area contributed by atoms with E-state index >= 15 is 0 Å². The lowest BCUT2D eigenvalue weighted by molar-refractivity contribution is 0.616. The summed E-state index contributed by atoms with van der Waals surface area (Å²) in [6.07, 6.45) is 0.975. The van der Waals surface area contributed by atoms with Gasteiger partial charge in [-0.05, 0) is 18.2 Å². The van der Waals surface area contributed by atoms with Gasteiger partial charge >= 0.3 is 0 Å². The average molecular weight is 261 g/mol. The van der Waals surface area contributed by atoms with Crippen LogP contribution in [-0.2, 0) is 0 Å². The maximum absolute atomic E-state index is 13.6. The van der Waals surface area contributed by atoms with E-state index in [9.17, 15) is 8.78 Å². The second-order valence-corrected chi connectivity index (χ2v) is 3.57. The zero-order chi connectivity index (χ0) is 13.8. The molecule has 19 heavy (non-hydrogen) atoms. The maximum atomic E-state index is 13.6. The highest BCUT2D eigenvalue weighted by Crippen LogP contribution is 2.21. The van der Waals surface area contributed by atoms with Crippen LogP contribution in [0, 0.1) is 23.0 Å². The number of rotatable bonds is 3. The molecule has 0 saturated carbocycles. The number of nitrogens with zero attached hydrogens (tertiary/aromatic N) is 3. The van der Waals surface area contributed by atoms with Crippen LogP contribution in [-0.4, -0.2) is 17.0 Å². The molecular weight excluding hydrogens is 252 g/mol. The van der Waals surface area contributed by atoms with Crippen molar-refractivity contribution in [1.82, 2.24) is 9.97 Å². The molecule has 0 atom stereocenters. The number of hydrogen-bond acceptors (Lipinski definition) is 5. The van der Waals surface area contributed by atoms with Crippen molar-refractivity contribution in [1.29, 1.82) is 5.26 Å². The molecule has 1 aromatic heterocycles. The molecule has 96 valence electrons. The molecule has 1 heterocycles. The van der Waals surface area contributed by atoms with E-state index in [-0.39, 0.29) is 23.0 Å². The molecule has 2 aromatic rings. The Hall–Kier alpha value is -2.75. The van der Waals surface area contributed by atoms with Gasteiger partial charge in [0.2, 0.25) is 5.95 Å². The Morgan fingerprint density at radius 1 is 1.26 bits per heavy atom. The number of nitriles is 1. The van der Waals surface area contributed by atoms with Crippen molar-refractivity contribution in [3.05, 3.63) is 41.6 Å². The molecule has 0 amide bonds. The maximum Gasteiger partial charge on any atom is 0.224 e. The van der Waals surface area contributed by atoms with Crippen molar-refractivity contribution in [2.45, 2.75) is 0 Å². The topological polar surface area (TPSA) is 73.6 Å². The Morgan fingerprint density at radius 3 is 2.68 bits per heavy atom. The van der Waals surface area contributed by atoms with Gasteiger partial charge in [0.05, 0.1) is 23.5 Å². The first-order valence-corrected chi connectivity index (χ1v) is 5.31. The predicted molar refractivity (Wildman–Crippen MR) is 65.9 cm³/mol. The monoisotopic (exact) mass is 261 g/mol. The second-order valence-electron chi connectivity index (χ2n) is 3.57. The molecule has 0 unspecified atom stereocenters. The summed E-state index contributed by atoms with van der Waals surface area (Å²) in [6, 6.07) is 5.63. The van der Waals surface area contributed by atoms with Gasteiger partial charge in [0.25, 0.3) is 0 Å². The highest BCUT2D eigenvalue weighted by Gasteiger charge is 2.10. The fraction of sp³-hybridized carbons (Fsp3) is 0.0833. The lowest BCUT2D eigenvalue weighted by Gasteiger charge is -2.08. The van der Waals surface area contributed by atoms with E-state index < -0.39 is 11.6 Å². The molecule has 5 nitrogen and oxygen atoms in total. The van der Waals surface area contributed by atoms with Gasteiger partial charge in [0, 0.05) is 7.05 Å². The van der Waals surface area contributed by atoms with E-state index in [0.717, 1.165) is 12.3 Å². The summed E-state index contributed by atoms with van der Waals surface area (Å²) >= 11 is 0. The van der Waals surface area contributed by atoms with E-state index in [1.54, 1.807) is 7.05 Å². The van der Waals surface area contributed by atoms with E-state index in [0.29, 0.717) is 0 Å². The van der Waals surface area contributed by atoms with Crippen LogP contribution in [0.25, 0.3) is 0 Å². The van der Waals surface area contributed by atoms with Gasteiger partial charge < -0.3 is 10.6 Å². The van der Waals surface area contributed by atoms with Crippen LogP contribution in [0.3, 0.4) is 0 Å². The van der Waals surface area contributed by atoms with Crippen LogP contribution in [0.1, 0.15) is 5.56 Å². The Morgan fingerprint density at radius 2 is 2.05 bits per heavy atom. The SMILES string of the molecule is CNc1ncc(F)c(Nc2ccc(C#N)cc2F)n1. The summed E-state index contributed by atoms with van der Waals surface area (Å²) in [5, 5.41) is 13.8. The zero-order valence-corrected chi connectivity index (χ0v) is 9.91. The van der Waals surface area contributed by atoms with Gasteiger partial charge in [0.1, 0.15) is 5.82 Å². The van der Waals surface area contributed by atoms with Gasteiger partial charge in [-0.25, -0.2) is 13.8 Å². The van der Waals surface area contributed by atoms with Crippen LogP contribution >= 0.6 is 0 Å². The summed E-state index contributed by atoms with van der Waals surface area (Å²) in [5.74, 6) is -1.31. The molecular formula is C12H9F2N5. The summed E-state index contributed by atoms with van der Waals surface area (Å²) in [6.45, 7) is 0. The van der Waals surface area contributed by atoms with Gasteiger partial charge in [-0.3, -0.25) is 0 Å². The standard InChI is InChI=1S/C12H9F2N5/c1-16-12-17-6-9(14)11(19-12)18-10-3-2-7(5-15)4-8(10)13/h2-4,6H,1H3,(H2,16,17,18,19). The molecule has 0 aliphatic carbocycles. The molecule has 0 radical (unpaired) electrons. The number of nitrogens with one attached hydrogen (secondary N) is 2. The van der Waals surface area contributed by atoms with Crippen molar-refractivity contribution < 1.29 is 8.78 Å². The summed E-state index contributed by atoms with van der Waals surface area (Å²) in [4.78, 5) is 7.50. The number of benzene rings is 1. The molecule has 0 bridgehead atoms. The molecule has 2 rings (SSSR count). The quantitative estimate of drug-likeness (QED) is 0.887. The molecule has 0 saturated heterocycles. The minimum Gasteiger partial charge on any atom is -0.357 e. The Kier molecular flexibility index (Phi) is 3.52. The smallest absolute Gasteiger partial charge is 0.224 e. The number of hydrogen-bond donors (Lipinski definition) is 2. The van der Waals surface area contributed by atoms with Crippen molar-refractivity contribution >= 4 is 17.5 Å². The van der Waals surface area contributed by atoms with Crippen molar-refractivity contribution in [2.75, 3.05) is 17.7 Å². The fourth-order valence-electron chi connectivity index (χ4n) is 1.39. The fourth-order valence-corrected chi connectivity index (χ4v) is 1.39. The molecule has 7 heteroatoms. The van der Waals surface area contributed by atoms with E-state index in [4.69, 9.17) is 5.26 Å². The Labute approximate surface area is 107 Å². The third-order valence-corrected chi connectivity index (χ3v) is 2.32. The minimum atomic E-state index is -0.706. The van der Waals surface area contributed by atoms with Gasteiger partial charge in [-0.15, -0.1) is 0 Å². The summed E-state index contributed by atoms with van der Waals surface area (Å²) in [5.41, 5.74) is 0.209. The molecule has 1 aromatic carbocycles. The number of halogens is 2. The van der Waals surface area contributed by atoms with Crippen LogP contribution < -0.4 is 10.6 Å². The second kappa shape index (κ2) is 5.27. The largest absolute Gasteiger partial charge is 0.357 e. The van der Waals surface area contributed by atoms with Crippen molar-refractivity contribution in [2.24, 2.45) is 0 Å². The Bertz CT molecular complexity index is 651. The van der Waals surface area contributed by atoms with E-state index in [1.165, 1.54) is 12.1 Å². The summed E-state index contributed by atoms with van der Waals surface area (Å²) < 4.78 is 27.1. The van der Waals surface area contributed by atoms with Gasteiger partial charge in [-0.2, -0.15) is 10.2 Å². The highest BCUT2D eigenvalue weighted by molar-refractivity contribution is 5.59. The van der Waals surface area contributed by atoms with Crippen LogP contribution in [0.2, 0.25) is 0 Å². The van der Waals surface area contributed by atoms with Crippen molar-refractivity contribution in [3.8, 4) is 6.07 Å². The third kappa shape index (κ3) is 2.74. The zero-order valence-electron chi connectivity index (χ0n) is 9.91. The highest BCUT2D eigenvalue weighted by atomic mass is 19.1. The first-order valence-electron chi connectivity index (χ1n) is 5.31. The molecule has 0 spiro atoms. The lowest BCUT2D eigenvalue weighted by Crippen LogP contribution is -2.04. The first kappa shape index (κ1) is 12.7. The third-order valence-electron chi connectivity index (χ3n) is 2.32. The van der Waals surface area contributed by atoms with Crippen LogP contribution in [0.4, 0.5) is 26.2 Å². The molecule has 2 N–H and O–H groups in total. The van der Waals surface area contributed by atoms with E-state index in [1.807, 2.05) is 6.07 Å². The van der Waals surface area contributed by atoms with Crippen LogP contribution in [0.5, 0.6) is 0 Å². The first-order chi connectivity index (χ1) is 9.13. The van der Waals surface area contributed by atoms with Gasteiger partial charge in [0.15, 0.2) is 11.6 Å². The Balaban J connectivity index is 2.33. The molecule has 0 fully saturated rings. The molecule has 0 aliphatic rings. The summed E-state index contributed by atoms with van der Waals surface area (Å²) in [7, 11) is 1.58. The number of anilines is 3. The van der Waals surface area contributed by atoms with Crippen molar-refractivity contribution in [3.63, 3.8) is 0 Å². The van der Waals surface area contributed by atoms with Gasteiger partial charge in [-0.1, -0.05) is 0 Å². The van der Waals surface area contributed by atoms with E-state index in [2.05, 4.69) is 20.6 Å². The predicted octanol–water partition coefficient (Wildman–Crippen LogP) is 2.41.